The zero-order valence-electron chi connectivity index (χ0n) is 18.1. The lowest BCUT2D eigenvalue weighted by molar-refractivity contribution is 0.0963. The molecule has 31 heavy (non-hydrogen) atoms. The van der Waals surface area contributed by atoms with Gasteiger partial charge in [0.1, 0.15) is 5.54 Å². The third-order valence-electron chi connectivity index (χ3n) is 6.12. The van der Waals surface area contributed by atoms with E-state index in [0.717, 1.165) is 29.7 Å². The fourth-order valence-electron chi connectivity index (χ4n) is 4.90. The van der Waals surface area contributed by atoms with Crippen LogP contribution in [0, 0.1) is 5.92 Å². The highest BCUT2D eigenvalue weighted by molar-refractivity contribution is 5.94. The summed E-state index contributed by atoms with van der Waals surface area (Å²) in [4.78, 5) is 31.9. The number of nitrogens with one attached hydrogen (secondary N) is 2. The zero-order chi connectivity index (χ0) is 22.0. The number of carbonyl (C=O) groups is 1. The lowest BCUT2D eigenvalue weighted by atomic mass is 9.63. The predicted molar refractivity (Wildman–Crippen MR) is 125 cm³/mol. The number of aromatic nitrogens is 1. The smallest absolute Gasteiger partial charge is 0.251 e. The molecule has 4 rings (SSSR count). The number of fused-ring (bicyclic) bond motifs is 4. The van der Waals surface area contributed by atoms with Crippen LogP contribution in [0.2, 0.25) is 0 Å². The van der Waals surface area contributed by atoms with Crippen molar-refractivity contribution in [3.05, 3.63) is 98.5 Å². The highest BCUT2D eigenvalue weighted by atomic mass is 16.1. The number of hydrogen-bond acceptors (Lipinski definition) is 3. The third-order valence-corrected chi connectivity index (χ3v) is 6.12. The van der Waals surface area contributed by atoms with Crippen molar-refractivity contribution in [1.29, 1.82) is 0 Å². The molecule has 5 nitrogen and oxygen atoms in total. The van der Waals surface area contributed by atoms with Gasteiger partial charge in [0.05, 0.1) is 0 Å². The zero-order valence-corrected chi connectivity index (χ0v) is 18.1. The predicted octanol–water partition coefficient (Wildman–Crippen LogP) is 4.18. The van der Waals surface area contributed by atoms with E-state index < -0.39 is 5.54 Å². The molecule has 2 atom stereocenters. The summed E-state index contributed by atoms with van der Waals surface area (Å²) in [6.45, 7) is 4.22. The van der Waals surface area contributed by atoms with Crippen molar-refractivity contribution in [3.63, 3.8) is 0 Å². The third kappa shape index (κ3) is 3.83. The summed E-state index contributed by atoms with van der Waals surface area (Å²) < 4.78 is 0. The molecule has 0 radical (unpaired) electrons. The minimum Gasteiger partial charge on any atom is -0.355 e. The average Bonchev–Trinajstić information content (AvgIpc) is 2.75. The van der Waals surface area contributed by atoms with E-state index in [0.29, 0.717) is 5.56 Å². The van der Waals surface area contributed by atoms with Gasteiger partial charge in [0.25, 0.3) is 5.91 Å². The van der Waals surface area contributed by atoms with Crippen LogP contribution in [0.1, 0.15) is 47.4 Å². The summed E-state index contributed by atoms with van der Waals surface area (Å²) in [6.07, 6.45) is 11.8. The van der Waals surface area contributed by atoms with E-state index in [1.165, 1.54) is 11.1 Å². The summed E-state index contributed by atoms with van der Waals surface area (Å²) in [5.41, 5.74) is 5.64. The van der Waals surface area contributed by atoms with Crippen LogP contribution < -0.4 is 10.9 Å². The van der Waals surface area contributed by atoms with Crippen molar-refractivity contribution >= 4 is 18.2 Å². The van der Waals surface area contributed by atoms with Crippen LogP contribution in [0.5, 0.6) is 0 Å². The van der Waals surface area contributed by atoms with Crippen LogP contribution >= 0.6 is 0 Å². The first-order valence-corrected chi connectivity index (χ1v) is 10.6. The van der Waals surface area contributed by atoms with E-state index in [9.17, 15) is 9.59 Å². The van der Waals surface area contributed by atoms with Gasteiger partial charge in [-0.1, -0.05) is 35.9 Å². The van der Waals surface area contributed by atoms with Crippen LogP contribution in [-0.2, 0) is 12.0 Å². The Morgan fingerprint density at radius 3 is 2.90 bits per heavy atom. The summed E-state index contributed by atoms with van der Waals surface area (Å²) in [6, 6.07) is 11.0. The molecule has 1 heterocycles. The Morgan fingerprint density at radius 1 is 1.29 bits per heavy atom. The number of nitrogens with zero attached hydrogens (tertiary/aromatic N) is 1. The van der Waals surface area contributed by atoms with Crippen LogP contribution in [0.25, 0.3) is 6.08 Å². The molecule has 0 aliphatic heterocycles. The number of rotatable bonds is 4. The van der Waals surface area contributed by atoms with Gasteiger partial charge in [0, 0.05) is 48.5 Å². The first-order chi connectivity index (χ1) is 15.0. The Hall–Kier alpha value is -3.47. The van der Waals surface area contributed by atoms with Crippen molar-refractivity contribution in [1.82, 2.24) is 10.3 Å². The number of aliphatic imine (C=N–C) groups is 1. The van der Waals surface area contributed by atoms with Crippen molar-refractivity contribution in [3.8, 4) is 0 Å². The number of pyridine rings is 1. The first kappa shape index (κ1) is 20.8. The fourth-order valence-corrected chi connectivity index (χ4v) is 4.90. The first-order valence-electron chi connectivity index (χ1n) is 10.6. The van der Waals surface area contributed by atoms with Gasteiger partial charge in [-0.15, -0.1) is 0 Å². The molecule has 1 aromatic carbocycles. The number of amides is 1. The van der Waals surface area contributed by atoms with Gasteiger partial charge in [0.15, 0.2) is 0 Å². The molecule has 0 unspecified atom stereocenters. The highest BCUT2D eigenvalue weighted by Gasteiger charge is 2.46. The number of allylic oxidation sites excluding steroid dienone is 3. The Bertz CT molecular complexity index is 1200. The van der Waals surface area contributed by atoms with Crippen molar-refractivity contribution in [2.45, 2.75) is 32.2 Å². The minimum absolute atomic E-state index is 0.0727. The standard InChI is InChI=1S/C26H27N3O2/c1-4-21-20-13-17(2)16-26(21,22-10-11-24(30)29-23(22)15-20)28-12-6-8-18-7-5-9-19(14-18)25(31)27-3/h4-14,20H,15-16H2,1-3H3,(H,27,31)(H,29,30)/b8-6+,21-4+,28-12+/t20-,26+/m0/s1. The molecular weight excluding hydrogens is 386 g/mol. The molecule has 0 fully saturated rings. The molecule has 0 spiro atoms. The molecule has 2 aliphatic carbocycles. The van der Waals surface area contributed by atoms with Crippen LogP contribution in [-0.4, -0.2) is 24.2 Å². The maximum atomic E-state index is 11.9. The molecule has 0 saturated heterocycles. The normalized spacial score (nSPS) is 23.8. The Labute approximate surface area is 182 Å². The second-order valence-electron chi connectivity index (χ2n) is 8.16. The van der Waals surface area contributed by atoms with E-state index in [-0.39, 0.29) is 17.4 Å². The van der Waals surface area contributed by atoms with Gasteiger partial charge >= 0.3 is 0 Å². The minimum atomic E-state index is -0.496. The molecular formula is C26H27N3O2. The molecule has 2 aliphatic rings. The topological polar surface area (TPSA) is 74.3 Å². The van der Waals surface area contributed by atoms with Crippen molar-refractivity contribution in [2.24, 2.45) is 10.9 Å². The Morgan fingerprint density at radius 2 is 2.13 bits per heavy atom. The van der Waals surface area contributed by atoms with Crippen LogP contribution in [0.4, 0.5) is 0 Å². The molecule has 5 heteroatoms. The second kappa shape index (κ2) is 8.34. The number of aromatic amines is 1. The van der Waals surface area contributed by atoms with E-state index >= 15 is 0 Å². The van der Waals surface area contributed by atoms with Gasteiger partial charge in [0.2, 0.25) is 5.56 Å². The summed E-state index contributed by atoms with van der Waals surface area (Å²) in [7, 11) is 1.62. The molecule has 1 amide bonds. The molecule has 158 valence electrons. The van der Waals surface area contributed by atoms with E-state index in [1.54, 1.807) is 19.2 Å². The second-order valence-corrected chi connectivity index (χ2v) is 8.16. The summed E-state index contributed by atoms with van der Waals surface area (Å²) in [5.74, 6) is 0.138. The quantitative estimate of drug-likeness (QED) is 0.583. The van der Waals surface area contributed by atoms with Crippen LogP contribution in [0.15, 0.2) is 75.6 Å². The number of benzene rings is 1. The molecule has 1 aromatic heterocycles. The number of carbonyl (C=O) groups excluding carboxylic acids is 1. The van der Waals surface area contributed by atoms with Crippen LogP contribution in [0.3, 0.4) is 0 Å². The van der Waals surface area contributed by atoms with E-state index in [1.807, 2.05) is 42.6 Å². The van der Waals surface area contributed by atoms with E-state index in [4.69, 9.17) is 4.99 Å². The SMILES string of the molecule is C/C=C1\[C@H]2C=C(C)C[C@]1(/N=C/C=C/c1cccc(C(=O)NC)c1)c1ccc(=O)[nH]c1C2. The van der Waals surface area contributed by atoms with Gasteiger partial charge < -0.3 is 10.3 Å². The van der Waals surface area contributed by atoms with Gasteiger partial charge in [-0.25, -0.2) is 0 Å². The monoisotopic (exact) mass is 413 g/mol. The molecule has 2 aromatic rings. The Balaban J connectivity index is 1.71. The van der Waals surface area contributed by atoms with Gasteiger partial charge in [-0.3, -0.25) is 14.6 Å². The Kier molecular flexibility index (Phi) is 5.59. The lowest BCUT2D eigenvalue weighted by Crippen LogP contribution is -2.40. The van der Waals surface area contributed by atoms with Gasteiger partial charge in [-0.05, 0) is 55.7 Å². The fraction of sp³-hybridized carbons (Fsp3) is 0.269. The molecule has 0 saturated carbocycles. The summed E-state index contributed by atoms with van der Waals surface area (Å²) in [5, 5.41) is 2.64. The van der Waals surface area contributed by atoms with Crippen molar-refractivity contribution in [2.75, 3.05) is 7.05 Å². The highest BCUT2D eigenvalue weighted by Crippen LogP contribution is 2.51. The lowest BCUT2D eigenvalue weighted by Gasteiger charge is -2.45. The van der Waals surface area contributed by atoms with Crippen molar-refractivity contribution < 1.29 is 4.79 Å². The number of H-pyrrole nitrogens is 1. The maximum absolute atomic E-state index is 11.9. The molecule has 2 N–H and O–H groups in total. The maximum Gasteiger partial charge on any atom is 0.251 e. The van der Waals surface area contributed by atoms with E-state index in [2.05, 4.69) is 36.3 Å². The summed E-state index contributed by atoms with van der Waals surface area (Å²) >= 11 is 0. The van der Waals surface area contributed by atoms with Gasteiger partial charge in [-0.2, -0.15) is 0 Å². The molecule has 2 bridgehead atoms. The largest absolute Gasteiger partial charge is 0.355 e. The number of hydrogen-bond donors (Lipinski definition) is 2. The average molecular weight is 414 g/mol.